The first-order valence-electron chi connectivity index (χ1n) is 7.54. The van der Waals surface area contributed by atoms with E-state index in [2.05, 4.69) is 17.1 Å². The van der Waals surface area contributed by atoms with E-state index in [0.717, 1.165) is 25.6 Å². The minimum absolute atomic E-state index is 0.211. The van der Waals surface area contributed by atoms with Crippen molar-refractivity contribution in [2.75, 3.05) is 26.7 Å². The van der Waals surface area contributed by atoms with Gasteiger partial charge in [0.05, 0.1) is 7.11 Å². The van der Waals surface area contributed by atoms with Crippen LogP contribution in [-0.2, 0) is 0 Å². The Kier molecular flexibility index (Phi) is 3.85. The Morgan fingerprint density at radius 3 is 3.05 bits per heavy atom. The van der Waals surface area contributed by atoms with Crippen LogP contribution in [0.5, 0.6) is 11.5 Å². The van der Waals surface area contributed by atoms with Gasteiger partial charge in [-0.2, -0.15) is 0 Å². The molecule has 4 heteroatoms. The standard InChI is InChI=1S/C16H24N2O2/c1-11(12-5-6-15(19)16(8-12)20-2)18-7-3-4-13-9-17-10-14(13)18/h5-6,8,11,13-14,17,19H,3-4,7,9-10H2,1-2H3. The van der Waals surface area contributed by atoms with Crippen molar-refractivity contribution in [3.05, 3.63) is 23.8 Å². The number of phenols is 1. The molecule has 3 atom stereocenters. The van der Waals surface area contributed by atoms with Crippen molar-refractivity contribution in [2.24, 2.45) is 5.92 Å². The molecule has 2 N–H and O–H groups in total. The van der Waals surface area contributed by atoms with Gasteiger partial charge in [0, 0.05) is 18.6 Å². The van der Waals surface area contributed by atoms with Crippen molar-refractivity contribution in [3.8, 4) is 11.5 Å². The number of benzene rings is 1. The number of methoxy groups -OCH3 is 1. The molecule has 3 unspecified atom stereocenters. The average Bonchev–Trinajstić information content (AvgIpc) is 2.95. The highest BCUT2D eigenvalue weighted by molar-refractivity contribution is 5.42. The number of likely N-dealkylation sites (tertiary alicyclic amines) is 1. The molecule has 1 aromatic carbocycles. The van der Waals surface area contributed by atoms with Gasteiger partial charge in [0.2, 0.25) is 0 Å². The van der Waals surface area contributed by atoms with Gasteiger partial charge in [-0.15, -0.1) is 0 Å². The van der Waals surface area contributed by atoms with Crippen LogP contribution in [0.3, 0.4) is 0 Å². The molecule has 2 aliphatic heterocycles. The van der Waals surface area contributed by atoms with Crippen molar-refractivity contribution < 1.29 is 9.84 Å². The molecule has 2 fully saturated rings. The number of hydrogen-bond acceptors (Lipinski definition) is 4. The molecule has 2 aliphatic rings. The third-order valence-electron chi connectivity index (χ3n) is 4.91. The highest BCUT2D eigenvalue weighted by Gasteiger charge is 2.37. The second-order valence-electron chi connectivity index (χ2n) is 5.97. The topological polar surface area (TPSA) is 44.7 Å². The molecule has 20 heavy (non-hydrogen) atoms. The Morgan fingerprint density at radius 2 is 2.25 bits per heavy atom. The van der Waals surface area contributed by atoms with E-state index in [9.17, 15) is 5.11 Å². The second kappa shape index (κ2) is 5.62. The first-order chi connectivity index (χ1) is 9.70. The van der Waals surface area contributed by atoms with Gasteiger partial charge in [-0.25, -0.2) is 0 Å². The van der Waals surface area contributed by atoms with E-state index in [1.54, 1.807) is 13.2 Å². The molecule has 2 heterocycles. The first-order valence-corrected chi connectivity index (χ1v) is 7.54. The smallest absolute Gasteiger partial charge is 0.160 e. The van der Waals surface area contributed by atoms with Crippen LogP contribution in [0.1, 0.15) is 31.4 Å². The molecule has 0 saturated carbocycles. The maximum atomic E-state index is 9.73. The van der Waals surface area contributed by atoms with Gasteiger partial charge in [0.15, 0.2) is 11.5 Å². The molecular formula is C16H24N2O2. The largest absolute Gasteiger partial charge is 0.504 e. The molecule has 0 aliphatic carbocycles. The maximum Gasteiger partial charge on any atom is 0.160 e. The summed E-state index contributed by atoms with van der Waals surface area (Å²) in [5, 5.41) is 13.3. The van der Waals surface area contributed by atoms with Crippen LogP contribution in [0.15, 0.2) is 18.2 Å². The molecule has 0 spiro atoms. The third kappa shape index (κ3) is 2.38. The number of phenolic OH excluding ortho intramolecular Hbond substituents is 1. The Bertz CT molecular complexity index is 478. The summed E-state index contributed by atoms with van der Waals surface area (Å²) in [6.07, 6.45) is 2.63. The van der Waals surface area contributed by atoms with Crippen molar-refractivity contribution in [1.82, 2.24) is 10.2 Å². The van der Waals surface area contributed by atoms with Crippen molar-refractivity contribution in [3.63, 3.8) is 0 Å². The van der Waals surface area contributed by atoms with Crippen molar-refractivity contribution in [2.45, 2.75) is 31.8 Å². The molecule has 4 nitrogen and oxygen atoms in total. The molecule has 0 radical (unpaired) electrons. The van der Waals surface area contributed by atoms with Crippen molar-refractivity contribution >= 4 is 0 Å². The summed E-state index contributed by atoms with van der Waals surface area (Å²) in [5.41, 5.74) is 1.22. The summed E-state index contributed by atoms with van der Waals surface area (Å²) in [6, 6.07) is 6.72. The molecular weight excluding hydrogens is 252 g/mol. The lowest BCUT2D eigenvalue weighted by atomic mass is 9.89. The summed E-state index contributed by atoms with van der Waals surface area (Å²) in [4.78, 5) is 2.61. The Morgan fingerprint density at radius 1 is 1.40 bits per heavy atom. The van der Waals surface area contributed by atoms with Crippen LogP contribution in [0.4, 0.5) is 0 Å². The predicted molar refractivity (Wildman–Crippen MR) is 79.2 cm³/mol. The average molecular weight is 276 g/mol. The molecule has 1 aromatic rings. The second-order valence-corrected chi connectivity index (χ2v) is 5.97. The van der Waals surface area contributed by atoms with E-state index in [0.29, 0.717) is 17.8 Å². The van der Waals surface area contributed by atoms with Gasteiger partial charge >= 0.3 is 0 Å². The molecule has 0 amide bonds. The fourth-order valence-electron chi connectivity index (χ4n) is 3.73. The Hall–Kier alpha value is -1.26. The van der Waals surface area contributed by atoms with Crippen LogP contribution in [-0.4, -0.2) is 42.8 Å². The van der Waals surface area contributed by atoms with E-state index in [4.69, 9.17) is 4.74 Å². The summed E-state index contributed by atoms with van der Waals surface area (Å²) in [7, 11) is 1.60. The SMILES string of the molecule is COc1cc(C(C)N2CCCC3CNCC32)ccc1O. The zero-order valence-electron chi connectivity index (χ0n) is 12.3. The molecule has 0 bridgehead atoms. The number of ether oxygens (including phenoxy) is 1. The summed E-state index contributed by atoms with van der Waals surface area (Å²) in [5.74, 6) is 1.57. The van der Waals surface area contributed by atoms with Crippen molar-refractivity contribution in [1.29, 1.82) is 0 Å². The van der Waals surface area contributed by atoms with Gasteiger partial charge in [-0.1, -0.05) is 6.07 Å². The minimum atomic E-state index is 0.211. The third-order valence-corrected chi connectivity index (χ3v) is 4.91. The van der Waals surface area contributed by atoms with Gasteiger partial charge in [-0.3, -0.25) is 4.90 Å². The number of piperidine rings is 1. The van der Waals surface area contributed by atoms with E-state index >= 15 is 0 Å². The predicted octanol–water partition coefficient (Wildman–Crippen LogP) is 2.15. The molecule has 0 aromatic heterocycles. The van der Waals surface area contributed by atoms with Gasteiger partial charge in [-0.05, 0) is 56.5 Å². The number of nitrogens with zero attached hydrogens (tertiary/aromatic N) is 1. The highest BCUT2D eigenvalue weighted by atomic mass is 16.5. The van der Waals surface area contributed by atoms with E-state index in [-0.39, 0.29) is 5.75 Å². The van der Waals surface area contributed by atoms with E-state index < -0.39 is 0 Å². The zero-order valence-corrected chi connectivity index (χ0v) is 12.3. The van der Waals surface area contributed by atoms with Gasteiger partial charge in [0.25, 0.3) is 0 Å². The number of aromatic hydroxyl groups is 1. The summed E-state index contributed by atoms with van der Waals surface area (Å²) >= 11 is 0. The van der Waals surface area contributed by atoms with Crippen LogP contribution in [0.25, 0.3) is 0 Å². The summed E-state index contributed by atoms with van der Waals surface area (Å²) in [6.45, 7) is 5.68. The van der Waals surface area contributed by atoms with Gasteiger partial charge in [0.1, 0.15) is 0 Å². The maximum absolute atomic E-state index is 9.73. The van der Waals surface area contributed by atoms with Crippen LogP contribution in [0, 0.1) is 5.92 Å². The Balaban J connectivity index is 1.82. The normalized spacial score (nSPS) is 28.1. The van der Waals surface area contributed by atoms with Gasteiger partial charge < -0.3 is 15.2 Å². The fourth-order valence-corrected chi connectivity index (χ4v) is 3.73. The minimum Gasteiger partial charge on any atom is -0.504 e. The summed E-state index contributed by atoms with van der Waals surface area (Å²) < 4.78 is 5.23. The van der Waals surface area contributed by atoms with E-state index in [1.807, 2.05) is 12.1 Å². The van der Waals surface area contributed by atoms with Crippen LogP contribution in [0.2, 0.25) is 0 Å². The number of hydrogen-bond donors (Lipinski definition) is 2. The lowest BCUT2D eigenvalue weighted by molar-refractivity contribution is 0.0846. The number of nitrogens with one attached hydrogen (secondary N) is 1. The lowest BCUT2D eigenvalue weighted by Gasteiger charge is -2.41. The molecule has 3 rings (SSSR count). The monoisotopic (exact) mass is 276 g/mol. The van der Waals surface area contributed by atoms with Crippen LogP contribution >= 0.6 is 0 Å². The first kappa shape index (κ1) is 13.7. The number of fused-ring (bicyclic) bond motifs is 1. The van der Waals surface area contributed by atoms with Crippen LogP contribution < -0.4 is 10.1 Å². The molecule has 2 saturated heterocycles. The quantitative estimate of drug-likeness (QED) is 0.888. The number of rotatable bonds is 3. The van der Waals surface area contributed by atoms with E-state index in [1.165, 1.54) is 18.4 Å². The zero-order chi connectivity index (χ0) is 14.1. The fraction of sp³-hybridized carbons (Fsp3) is 0.625. The highest BCUT2D eigenvalue weighted by Crippen LogP contribution is 2.36. The lowest BCUT2D eigenvalue weighted by Crippen LogP contribution is -2.46. The Labute approximate surface area is 120 Å². The molecule has 110 valence electrons.